The highest BCUT2D eigenvalue weighted by Gasteiger charge is 2.23. The molecule has 0 N–H and O–H groups in total. The number of carbonyl (C=O) groups excluding carboxylic acids is 1. The summed E-state index contributed by atoms with van der Waals surface area (Å²) in [4.78, 5) is 22.0. The molecule has 0 saturated carbocycles. The summed E-state index contributed by atoms with van der Waals surface area (Å²) in [6.45, 7) is 3.13. The topological polar surface area (TPSA) is 62.5 Å². The molecule has 9 heteroatoms. The summed E-state index contributed by atoms with van der Waals surface area (Å²) in [5.41, 5.74) is 2.15. The second kappa shape index (κ2) is 9.21. The van der Waals surface area contributed by atoms with E-state index < -0.39 is 11.6 Å². The molecule has 2 aromatic carbocycles. The van der Waals surface area contributed by atoms with E-state index in [9.17, 15) is 13.6 Å². The zero-order valence-corrected chi connectivity index (χ0v) is 18.4. The van der Waals surface area contributed by atoms with Crippen LogP contribution in [0.4, 0.5) is 8.78 Å². The lowest BCUT2D eigenvalue weighted by Gasteiger charge is -2.34. The highest BCUT2D eigenvalue weighted by Crippen LogP contribution is 2.26. The Balaban J connectivity index is 1.21. The first kappa shape index (κ1) is 21.4. The molecule has 1 aliphatic heterocycles. The van der Waals surface area contributed by atoms with E-state index in [2.05, 4.69) is 15.0 Å². The van der Waals surface area contributed by atoms with Crippen LogP contribution in [0.15, 0.2) is 64.5 Å². The van der Waals surface area contributed by atoms with Gasteiger partial charge in [0.2, 0.25) is 5.82 Å². The minimum absolute atomic E-state index is 0.164. The molecule has 0 unspecified atom stereocenters. The maximum absolute atomic E-state index is 13.5. The average molecular weight is 467 g/mol. The quantitative estimate of drug-likeness (QED) is 0.427. The van der Waals surface area contributed by atoms with Gasteiger partial charge in [-0.15, -0.1) is 11.3 Å². The molecule has 0 spiro atoms. The first-order valence-electron chi connectivity index (χ1n) is 10.5. The van der Waals surface area contributed by atoms with Gasteiger partial charge in [-0.1, -0.05) is 29.4 Å². The van der Waals surface area contributed by atoms with E-state index in [1.54, 1.807) is 16.2 Å². The van der Waals surface area contributed by atoms with E-state index in [1.165, 1.54) is 6.07 Å². The molecule has 33 heavy (non-hydrogen) atoms. The standard InChI is InChI=1S/C24H20F2N4O2S/c25-19-7-6-18(14-20(19)26)24(31)30-10-8-29(9-11-30)15-16-3-1-4-17(13-16)22-27-23(32-28-22)21-5-2-12-33-21/h1-7,12-14H,8-11,15H2. The predicted molar refractivity (Wildman–Crippen MR) is 121 cm³/mol. The monoisotopic (exact) mass is 466 g/mol. The van der Waals surface area contributed by atoms with Crippen molar-refractivity contribution in [3.8, 4) is 22.2 Å². The van der Waals surface area contributed by atoms with Gasteiger partial charge in [-0.3, -0.25) is 9.69 Å². The number of benzene rings is 2. The van der Waals surface area contributed by atoms with Gasteiger partial charge >= 0.3 is 0 Å². The number of thiophene rings is 1. The van der Waals surface area contributed by atoms with Gasteiger partial charge in [-0.05, 0) is 41.3 Å². The second-order valence-electron chi connectivity index (χ2n) is 7.80. The number of halogens is 2. The van der Waals surface area contributed by atoms with Crippen LogP contribution >= 0.6 is 11.3 Å². The molecule has 3 heterocycles. The van der Waals surface area contributed by atoms with Crippen LogP contribution in [-0.4, -0.2) is 52.0 Å². The predicted octanol–water partition coefficient (Wildman–Crippen LogP) is 4.70. The van der Waals surface area contributed by atoms with E-state index in [4.69, 9.17) is 4.52 Å². The summed E-state index contributed by atoms with van der Waals surface area (Å²) >= 11 is 1.55. The highest BCUT2D eigenvalue weighted by molar-refractivity contribution is 7.13. The number of hydrogen-bond acceptors (Lipinski definition) is 6. The van der Waals surface area contributed by atoms with E-state index in [-0.39, 0.29) is 11.5 Å². The third-order valence-electron chi connectivity index (χ3n) is 5.58. The molecular weight excluding hydrogens is 446 g/mol. The zero-order chi connectivity index (χ0) is 22.8. The Morgan fingerprint density at radius 1 is 1.00 bits per heavy atom. The van der Waals surface area contributed by atoms with Crippen LogP contribution in [0.1, 0.15) is 15.9 Å². The molecule has 0 bridgehead atoms. The van der Waals surface area contributed by atoms with Crippen molar-refractivity contribution in [2.24, 2.45) is 0 Å². The molecule has 5 rings (SSSR count). The molecule has 1 saturated heterocycles. The van der Waals surface area contributed by atoms with Crippen molar-refractivity contribution in [2.75, 3.05) is 26.2 Å². The van der Waals surface area contributed by atoms with Gasteiger partial charge < -0.3 is 9.42 Å². The average Bonchev–Trinajstić information content (AvgIpc) is 3.53. The molecule has 4 aromatic rings. The highest BCUT2D eigenvalue weighted by atomic mass is 32.1. The van der Waals surface area contributed by atoms with Crippen LogP contribution in [0, 0.1) is 11.6 Å². The lowest BCUT2D eigenvalue weighted by molar-refractivity contribution is 0.0628. The fraction of sp³-hybridized carbons (Fsp3) is 0.208. The van der Waals surface area contributed by atoms with Crippen LogP contribution in [0.2, 0.25) is 0 Å². The Labute approximate surface area is 193 Å². The molecular formula is C24H20F2N4O2S. The van der Waals surface area contributed by atoms with Gasteiger partial charge in [0.1, 0.15) is 0 Å². The first-order valence-corrected chi connectivity index (χ1v) is 11.4. The van der Waals surface area contributed by atoms with E-state index in [0.29, 0.717) is 37.9 Å². The Bertz CT molecular complexity index is 1270. The van der Waals surface area contributed by atoms with E-state index in [0.717, 1.165) is 34.7 Å². The molecule has 6 nitrogen and oxygen atoms in total. The molecule has 1 amide bonds. The third kappa shape index (κ3) is 4.69. The number of piperazine rings is 1. The van der Waals surface area contributed by atoms with E-state index >= 15 is 0 Å². The molecule has 1 fully saturated rings. The van der Waals surface area contributed by atoms with Gasteiger partial charge in [0.25, 0.3) is 11.8 Å². The minimum atomic E-state index is -1.01. The summed E-state index contributed by atoms with van der Waals surface area (Å²) in [7, 11) is 0. The smallest absolute Gasteiger partial charge is 0.268 e. The number of hydrogen-bond donors (Lipinski definition) is 0. The lowest BCUT2D eigenvalue weighted by Crippen LogP contribution is -2.48. The van der Waals surface area contributed by atoms with Gasteiger partial charge in [0, 0.05) is 43.9 Å². The van der Waals surface area contributed by atoms with Crippen molar-refractivity contribution in [2.45, 2.75) is 6.54 Å². The molecule has 1 aliphatic rings. The van der Waals surface area contributed by atoms with Crippen molar-refractivity contribution in [3.63, 3.8) is 0 Å². The normalized spacial score (nSPS) is 14.5. The van der Waals surface area contributed by atoms with Crippen molar-refractivity contribution < 1.29 is 18.1 Å². The number of rotatable bonds is 5. The molecule has 0 atom stereocenters. The van der Waals surface area contributed by atoms with Crippen LogP contribution in [0.5, 0.6) is 0 Å². The van der Waals surface area contributed by atoms with Gasteiger partial charge in [-0.25, -0.2) is 8.78 Å². The molecule has 0 aliphatic carbocycles. The van der Waals surface area contributed by atoms with Gasteiger partial charge in [0.15, 0.2) is 11.6 Å². The maximum Gasteiger partial charge on any atom is 0.268 e. The third-order valence-corrected chi connectivity index (χ3v) is 6.43. The summed E-state index contributed by atoms with van der Waals surface area (Å²) in [6, 6.07) is 15.1. The Morgan fingerprint density at radius 2 is 1.85 bits per heavy atom. The van der Waals surface area contributed by atoms with Crippen LogP contribution in [0.25, 0.3) is 22.2 Å². The van der Waals surface area contributed by atoms with Crippen LogP contribution < -0.4 is 0 Å². The minimum Gasteiger partial charge on any atom is -0.336 e. The summed E-state index contributed by atoms with van der Waals surface area (Å²) < 4.78 is 32.0. The number of carbonyl (C=O) groups is 1. The first-order chi connectivity index (χ1) is 16.1. The fourth-order valence-electron chi connectivity index (χ4n) is 3.83. The summed E-state index contributed by atoms with van der Waals surface area (Å²) in [5.74, 6) is -1.20. The molecule has 168 valence electrons. The lowest BCUT2D eigenvalue weighted by atomic mass is 10.1. The summed E-state index contributed by atoms with van der Waals surface area (Å²) in [5, 5.41) is 6.08. The number of nitrogens with zero attached hydrogens (tertiary/aromatic N) is 4. The second-order valence-corrected chi connectivity index (χ2v) is 8.75. The van der Waals surface area contributed by atoms with Crippen molar-refractivity contribution in [1.29, 1.82) is 0 Å². The van der Waals surface area contributed by atoms with Gasteiger partial charge in [-0.2, -0.15) is 4.98 Å². The Morgan fingerprint density at radius 3 is 2.61 bits per heavy atom. The molecule has 2 aromatic heterocycles. The van der Waals surface area contributed by atoms with E-state index in [1.807, 2.05) is 41.8 Å². The Hall–Kier alpha value is -3.43. The number of aromatic nitrogens is 2. The van der Waals surface area contributed by atoms with Gasteiger partial charge in [0.05, 0.1) is 4.88 Å². The van der Waals surface area contributed by atoms with Crippen LogP contribution in [0.3, 0.4) is 0 Å². The number of amides is 1. The SMILES string of the molecule is O=C(c1ccc(F)c(F)c1)N1CCN(Cc2cccc(-c3noc(-c4cccs4)n3)c2)CC1. The summed E-state index contributed by atoms with van der Waals surface area (Å²) in [6.07, 6.45) is 0. The largest absolute Gasteiger partial charge is 0.336 e. The Kier molecular flexibility index (Phi) is 5.97. The zero-order valence-electron chi connectivity index (χ0n) is 17.6. The van der Waals surface area contributed by atoms with Crippen molar-refractivity contribution in [1.82, 2.24) is 19.9 Å². The van der Waals surface area contributed by atoms with Crippen molar-refractivity contribution >= 4 is 17.2 Å². The fourth-order valence-corrected chi connectivity index (χ4v) is 4.47. The van der Waals surface area contributed by atoms with Crippen LogP contribution in [-0.2, 0) is 6.54 Å². The van der Waals surface area contributed by atoms with Crippen molar-refractivity contribution in [3.05, 3.63) is 82.7 Å². The molecule has 0 radical (unpaired) electrons. The maximum atomic E-state index is 13.5.